The maximum atomic E-state index is 12.2. The Bertz CT molecular complexity index is 489. The number of carbonyl (C=O) groups excluding carboxylic acids is 1. The van der Waals surface area contributed by atoms with E-state index in [1.54, 1.807) is 20.3 Å². The van der Waals surface area contributed by atoms with Crippen molar-refractivity contribution in [3.05, 3.63) is 35.4 Å². The van der Waals surface area contributed by atoms with Gasteiger partial charge in [-0.15, -0.1) is 0 Å². The Balaban J connectivity index is 2.33. The van der Waals surface area contributed by atoms with Crippen molar-refractivity contribution in [1.29, 1.82) is 0 Å². The van der Waals surface area contributed by atoms with E-state index in [0.29, 0.717) is 11.5 Å². The Hall–Kier alpha value is -1.77. The molecule has 1 atom stereocenters. The maximum Gasteiger partial charge on any atom is 0.167 e. The summed E-state index contributed by atoms with van der Waals surface area (Å²) in [4.78, 5) is 12.2. The van der Waals surface area contributed by atoms with Crippen molar-refractivity contribution >= 4 is 5.78 Å². The van der Waals surface area contributed by atoms with Crippen LogP contribution in [0.2, 0.25) is 0 Å². The summed E-state index contributed by atoms with van der Waals surface area (Å²) in [5.74, 6) is 1.59. The van der Waals surface area contributed by atoms with Gasteiger partial charge in [-0.05, 0) is 37.5 Å². The number of ketones is 1. The summed E-state index contributed by atoms with van der Waals surface area (Å²) < 4.78 is 10.5. The van der Waals surface area contributed by atoms with Gasteiger partial charge in [0, 0.05) is 11.5 Å². The highest BCUT2D eigenvalue weighted by molar-refractivity contribution is 6.03. The summed E-state index contributed by atoms with van der Waals surface area (Å²) in [7, 11) is 3.19. The monoisotopic (exact) mass is 246 g/mol. The van der Waals surface area contributed by atoms with Gasteiger partial charge in [-0.1, -0.05) is 12.2 Å². The molecule has 1 aromatic carbocycles. The highest BCUT2D eigenvalue weighted by atomic mass is 16.5. The molecule has 96 valence electrons. The summed E-state index contributed by atoms with van der Waals surface area (Å²) in [5, 5.41) is 0. The van der Waals surface area contributed by atoms with Crippen LogP contribution in [-0.2, 0) is 6.42 Å². The van der Waals surface area contributed by atoms with Gasteiger partial charge in [-0.2, -0.15) is 0 Å². The molecule has 3 nitrogen and oxygen atoms in total. The molecule has 0 fully saturated rings. The van der Waals surface area contributed by atoms with E-state index in [1.807, 2.05) is 25.1 Å². The van der Waals surface area contributed by atoms with Gasteiger partial charge in [0.25, 0.3) is 0 Å². The SMILES string of the molecule is CC=CC[C@H]1Cc2cc(OC)c(OC)cc2C1=O. The first kappa shape index (κ1) is 12.7. The van der Waals surface area contributed by atoms with Crippen LogP contribution in [0.25, 0.3) is 0 Å². The Morgan fingerprint density at radius 2 is 1.94 bits per heavy atom. The molecule has 0 aliphatic heterocycles. The molecule has 0 saturated carbocycles. The van der Waals surface area contributed by atoms with Crippen molar-refractivity contribution in [3.63, 3.8) is 0 Å². The number of allylic oxidation sites excluding steroid dienone is 2. The molecule has 0 spiro atoms. The van der Waals surface area contributed by atoms with Crippen LogP contribution in [0.4, 0.5) is 0 Å². The Labute approximate surface area is 107 Å². The van der Waals surface area contributed by atoms with Crippen molar-refractivity contribution in [2.75, 3.05) is 14.2 Å². The third kappa shape index (κ3) is 2.13. The molecule has 1 aliphatic carbocycles. The zero-order valence-corrected chi connectivity index (χ0v) is 11.0. The van der Waals surface area contributed by atoms with Gasteiger partial charge in [0.05, 0.1) is 14.2 Å². The smallest absolute Gasteiger partial charge is 0.167 e. The van der Waals surface area contributed by atoms with Crippen LogP contribution in [0.1, 0.15) is 29.3 Å². The Morgan fingerprint density at radius 3 is 2.56 bits per heavy atom. The van der Waals surface area contributed by atoms with Crippen LogP contribution in [0.15, 0.2) is 24.3 Å². The standard InChI is InChI=1S/C15H18O3/c1-4-5-6-10-7-11-8-13(17-2)14(18-3)9-12(11)15(10)16/h4-5,8-10H,6-7H2,1-3H3/t10-/m0/s1. The van der Waals surface area contributed by atoms with E-state index < -0.39 is 0 Å². The number of hydrogen-bond acceptors (Lipinski definition) is 3. The van der Waals surface area contributed by atoms with Gasteiger partial charge in [0.1, 0.15) is 0 Å². The number of carbonyl (C=O) groups is 1. The van der Waals surface area contributed by atoms with Crippen molar-refractivity contribution < 1.29 is 14.3 Å². The molecule has 1 aliphatic rings. The predicted molar refractivity (Wildman–Crippen MR) is 70.5 cm³/mol. The maximum absolute atomic E-state index is 12.2. The minimum Gasteiger partial charge on any atom is -0.493 e. The second-order valence-corrected chi connectivity index (χ2v) is 4.43. The molecule has 0 radical (unpaired) electrons. The van der Waals surface area contributed by atoms with Crippen molar-refractivity contribution in [2.45, 2.75) is 19.8 Å². The number of fused-ring (bicyclic) bond motifs is 1. The summed E-state index contributed by atoms with van der Waals surface area (Å²) in [6.45, 7) is 1.97. The van der Waals surface area contributed by atoms with Crippen LogP contribution in [0, 0.1) is 5.92 Å². The fourth-order valence-electron chi connectivity index (χ4n) is 2.39. The van der Waals surface area contributed by atoms with Crippen LogP contribution in [0.5, 0.6) is 11.5 Å². The summed E-state index contributed by atoms with van der Waals surface area (Å²) in [6.07, 6.45) is 5.62. The zero-order chi connectivity index (χ0) is 13.1. The van der Waals surface area contributed by atoms with Gasteiger partial charge in [0.15, 0.2) is 17.3 Å². The molecule has 1 aromatic rings. The largest absolute Gasteiger partial charge is 0.493 e. The molecule has 0 N–H and O–H groups in total. The lowest BCUT2D eigenvalue weighted by molar-refractivity contribution is 0.0937. The van der Waals surface area contributed by atoms with Crippen molar-refractivity contribution in [3.8, 4) is 11.5 Å². The summed E-state index contributed by atoms with van der Waals surface area (Å²) >= 11 is 0. The minimum absolute atomic E-state index is 0.0630. The van der Waals surface area contributed by atoms with Crippen LogP contribution >= 0.6 is 0 Å². The molecule has 0 saturated heterocycles. The van der Waals surface area contributed by atoms with E-state index in [2.05, 4.69) is 0 Å². The van der Waals surface area contributed by atoms with Crippen LogP contribution < -0.4 is 9.47 Å². The van der Waals surface area contributed by atoms with E-state index in [-0.39, 0.29) is 11.7 Å². The molecule has 0 unspecified atom stereocenters. The van der Waals surface area contributed by atoms with E-state index in [9.17, 15) is 4.79 Å². The van der Waals surface area contributed by atoms with Gasteiger partial charge >= 0.3 is 0 Å². The fourth-order valence-corrected chi connectivity index (χ4v) is 2.39. The van der Waals surface area contributed by atoms with Crippen LogP contribution in [-0.4, -0.2) is 20.0 Å². The molecule has 0 amide bonds. The Kier molecular flexibility index (Phi) is 3.70. The first-order valence-corrected chi connectivity index (χ1v) is 6.11. The number of Topliss-reactive ketones (excluding diaryl/α,β-unsaturated/α-hetero) is 1. The third-order valence-electron chi connectivity index (χ3n) is 3.37. The topological polar surface area (TPSA) is 35.5 Å². The minimum atomic E-state index is 0.0630. The predicted octanol–water partition coefficient (Wildman–Crippen LogP) is 3.03. The van der Waals surface area contributed by atoms with Crippen molar-refractivity contribution in [2.24, 2.45) is 5.92 Å². The second-order valence-electron chi connectivity index (χ2n) is 4.43. The number of benzene rings is 1. The molecule has 3 heteroatoms. The third-order valence-corrected chi connectivity index (χ3v) is 3.37. The van der Waals surface area contributed by atoms with Crippen molar-refractivity contribution in [1.82, 2.24) is 0 Å². The number of methoxy groups -OCH3 is 2. The number of ether oxygens (including phenoxy) is 2. The first-order chi connectivity index (χ1) is 8.71. The first-order valence-electron chi connectivity index (χ1n) is 6.11. The average Bonchev–Trinajstić information content (AvgIpc) is 2.71. The molecule has 0 heterocycles. The molecule has 0 aromatic heterocycles. The van der Waals surface area contributed by atoms with E-state index in [1.165, 1.54) is 0 Å². The molecular formula is C15H18O3. The lowest BCUT2D eigenvalue weighted by atomic mass is 10.0. The lowest BCUT2D eigenvalue weighted by Gasteiger charge is -2.09. The molecular weight excluding hydrogens is 228 g/mol. The van der Waals surface area contributed by atoms with E-state index in [0.717, 1.165) is 24.0 Å². The van der Waals surface area contributed by atoms with Gasteiger partial charge < -0.3 is 9.47 Å². The quantitative estimate of drug-likeness (QED) is 0.766. The molecule has 18 heavy (non-hydrogen) atoms. The normalized spacial score (nSPS) is 18.2. The van der Waals surface area contributed by atoms with Gasteiger partial charge in [0.2, 0.25) is 0 Å². The fraction of sp³-hybridized carbons (Fsp3) is 0.400. The lowest BCUT2D eigenvalue weighted by Crippen LogP contribution is -2.07. The zero-order valence-electron chi connectivity index (χ0n) is 11.0. The Morgan fingerprint density at radius 1 is 1.28 bits per heavy atom. The van der Waals surface area contributed by atoms with Gasteiger partial charge in [-0.25, -0.2) is 0 Å². The average molecular weight is 246 g/mol. The molecule has 2 rings (SSSR count). The summed E-state index contributed by atoms with van der Waals surface area (Å²) in [5.41, 5.74) is 1.84. The highest BCUT2D eigenvalue weighted by Gasteiger charge is 2.31. The van der Waals surface area contributed by atoms with E-state index in [4.69, 9.17) is 9.47 Å². The number of rotatable bonds is 4. The van der Waals surface area contributed by atoms with E-state index >= 15 is 0 Å². The second kappa shape index (κ2) is 5.25. The highest BCUT2D eigenvalue weighted by Crippen LogP contribution is 2.37. The van der Waals surface area contributed by atoms with Crippen LogP contribution in [0.3, 0.4) is 0 Å². The molecule has 0 bridgehead atoms. The summed E-state index contributed by atoms with van der Waals surface area (Å²) in [6, 6.07) is 3.72. The van der Waals surface area contributed by atoms with Gasteiger partial charge in [-0.3, -0.25) is 4.79 Å². The number of hydrogen-bond donors (Lipinski definition) is 0.